The van der Waals surface area contributed by atoms with E-state index in [0.717, 1.165) is 18.6 Å². The molecule has 74 valence electrons. The molecular weight excluding hydrogens is 300 g/mol. The third-order valence-electron chi connectivity index (χ3n) is 1.88. The van der Waals surface area contributed by atoms with Gasteiger partial charge in [0.1, 0.15) is 5.76 Å². The van der Waals surface area contributed by atoms with Crippen molar-refractivity contribution in [3.8, 4) is 0 Å². The minimum atomic E-state index is 0.529. The van der Waals surface area contributed by atoms with Gasteiger partial charge >= 0.3 is 0 Å². The maximum absolute atomic E-state index is 5.85. The molecule has 0 saturated carbocycles. The fourth-order valence-electron chi connectivity index (χ4n) is 1.17. The average molecular weight is 314 g/mol. The monoisotopic (exact) mass is 313 g/mol. The number of hydrogen-bond donors (Lipinski definition) is 0. The molecule has 0 radical (unpaired) electrons. The van der Waals surface area contributed by atoms with Gasteiger partial charge in [-0.1, -0.05) is 37.8 Å². The molecule has 0 aliphatic heterocycles. The Morgan fingerprint density at radius 3 is 2.69 bits per heavy atom. The van der Waals surface area contributed by atoms with Crippen molar-refractivity contribution < 1.29 is 4.42 Å². The van der Waals surface area contributed by atoms with Gasteiger partial charge in [0.25, 0.3) is 3.90 Å². The Morgan fingerprint density at radius 2 is 2.15 bits per heavy atom. The number of rotatable bonds is 5. The van der Waals surface area contributed by atoms with E-state index in [0.29, 0.717) is 9.05 Å². The first-order chi connectivity index (χ1) is 6.24. The van der Waals surface area contributed by atoms with Gasteiger partial charge in [-0.15, -0.1) is 0 Å². The predicted molar refractivity (Wildman–Crippen MR) is 62.1 cm³/mol. The molecule has 0 atom stereocenters. The molecule has 0 aliphatic rings. The van der Waals surface area contributed by atoms with Crippen molar-refractivity contribution in [1.82, 2.24) is 4.98 Å². The molecule has 1 aromatic rings. The lowest BCUT2D eigenvalue weighted by molar-refractivity contribution is 0.466. The van der Waals surface area contributed by atoms with E-state index in [1.54, 1.807) is 0 Å². The van der Waals surface area contributed by atoms with Gasteiger partial charge in [0.05, 0.1) is 0 Å². The van der Waals surface area contributed by atoms with Crippen LogP contribution < -0.4 is 0 Å². The van der Waals surface area contributed by atoms with Gasteiger partial charge in [-0.3, -0.25) is 0 Å². The molecule has 0 aliphatic carbocycles. The molecule has 0 amide bonds. The summed E-state index contributed by atoms with van der Waals surface area (Å²) in [5.41, 5.74) is 0. The largest absolute Gasteiger partial charge is 0.435 e. The maximum atomic E-state index is 5.85. The van der Waals surface area contributed by atoms with E-state index < -0.39 is 0 Å². The van der Waals surface area contributed by atoms with Crippen LogP contribution in [0.4, 0.5) is 0 Å². The Hall–Kier alpha value is 0.230. The van der Waals surface area contributed by atoms with Gasteiger partial charge in [0.15, 0.2) is 5.15 Å². The normalized spacial score (nSPS) is 10.7. The van der Waals surface area contributed by atoms with Crippen LogP contribution in [0.1, 0.15) is 38.4 Å². The number of halogens is 2. The van der Waals surface area contributed by atoms with Gasteiger partial charge in [-0.25, -0.2) is 0 Å². The first-order valence-corrected chi connectivity index (χ1v) is 6.00. The Morgan fingerprint density at radius 1 is 1.38 bits per heavy atom. The summed E-state index contributed by atoms with van der Waals surface area (Å²) >= 11 is 7.88. The van der Waals surface area contributed by atoms with E-state index in [2.05, 4.69) is 11.9 Å². The van der Waals surface area contributed by atoms with E-state index in [1.807, 2.05) is 22.6 Å². The third kappa shape index (κ3) is 3.85. The second kappa shape index (κ2) is 5.86. The van der Waals surface area contributed by atoms with Gasteiger partial charge in [-0.05, 0) is 6.42 Å². The molecule has 13 heavy (non-hydrogen) atoms. The van der Waals surface area contributed by atoms with Gasteiger partial charge in [-0.2, -0.15) is 4.98 Å². The molecule has 4 heteroatoms. The summed E-state index contributed by atoms with van der Waals surface area (Å²) in [6.45, 7) is 2.20. The van der Waals surface area contributed by atoms with Crippen molar-refractivity contribution in [3.05, 3.63) is 14.8 Å². The molecule has 2 nitrogen and oxygen atoms in total. The minimum absolute atomic E-state index is 0.529. The van der Waals surface area contributed by atoms with Crippen LogP contribution in [0.3, 0.4) is 0 Å². The summed E-state index contributed by atoms with van der Waals surface area (Å²) in [5, 5.41) is 0.529. The topological polar surface area (TPSA) is 26.0 Å². The number of aromatic nitrogens is 1. The Balaban J connectivity index is 2.32. The lowest BCUT2D eigenvalue weighted by Crippen LogP contribution is -1.83. The van der Waals surface area contributed by atoms with Crippen LogP contribution in [0.2, 0.25) is 5.15 Å². The average Bonchev–Trinajstić information content (AvgIpc) is 2.39. The zero-order valence-electron chi connectivity index (χ0n) is 7.65. The lowest BCUT2D eigenvalue weighted by Gasteiger charge is -1.96. The lowest BCUT2D eigenvalue weighted by atomic mass is 10.1. The first kappa shape index (κ1) is 11.3. The van der Waals surface area contributed by atoms with Crippen molar-refractivity contribution in [2.45, 2.75) is 39.0 Å². The molecule has 0 unspecified atom stereocenters. The highest BCUT2D eigenvalue weighted by atomic mass is 127. The summed E-state index contributed by atoms with van der Waals surface area (Å²) in [4.78, 5) is 4.00. The first-order valence-electron chi connectivity index (χ1n) is 4.54. The van der Waals surface area contributed by atoms with Crippen molar-refractivity contribution in [2.75, 3.05) is 0 Å². The van der Waals surface area contributed by atoms with Crippen LogP contribution >= 0.6 is 34.2 Å². The molecular formula is C9H13ClINO. The highest BCUT2D eigenvalue weighted by Crippen LogP contribution is 2.20. The standard InChI is InChI=1S/C9H13ClINO/c1-2-3-4-5-6-7-8(10)12-9(11)13-7/h2-6H2,1H3. The molecule has 0 fully saturated rings. The smallest absolute Gasteiger partial charge is 0.258 e. The quantitative estimate of drug-likeness (QED) is 0.605. The number of unbranched alkanes of at least 4 members (excludes halogenated alkanes) is 3. The molecule has 1 rings (SSSR count). The molecule has 0 aromatic carbocycles. The van der Waals surface area contributed by atoms with Crippen molar-refractivity contribution in [2.24, 2.45) is 0 Å². The van der Waals surface area contributed by atoms with E-state index >= 15 is 0 Å². The summed E-state index contributed by atoms with van der Waals surface area (Å²) in [6, 6.07) is 0. The van der Waals surface area contributed by atoms with Gasteiger partial charge < -0.3 is 4.42 Å². The molecule has 0 N–H and O–H groups in total. The number of nitrogens with zero attached hydrogens (tertiary/aromatic N) is 1. The number of oxazole rings is 1. The Labute approximate surface area is 97.2 Å². The summed E-state index contributed by atoms with van der Waals surface area (Å²) < 4.78 is 5.97. The summed E-state index contributed by atoms with van der Waals surface area (Å²) in [7, 11) is 0. The second-order valence-electron chi connectivity index (χ2n) is 2.99. The van der Waals surface area contributed by atoms with Crippen LogP contribution in [-0.4, -0.2) is 4.98 Å². The summed E-state index contributed by atoms with van der Waals surface area (Å²) in [6.07, 6.45) is 5.82. The maximum Gasteiger partial charge on any atom is 0.258 e. The van der Waals surface area contributed by atoms with Crippen molar-refractivity contribution in [3.63, 3.8) is 0 Å². The molecule has 1 heterocycles. The SMILES string of the molecule is CCCCCCc1oc(I)nc1Cl. The highest BCUT2D eigenvalue weighted by Gasteiger charge is 2.08. The molecule has 1 aromatic heterocycles. The minimum Gasteiger partial charge on any atom is -0.435 e. The van der Waals surface area contributed by atoms with Crippen LogP contribution in [0.15, 0.2) is 4.42 Å². The van der Waals surface area contributed by atoms with E-state index in [4.69, 9.17) is 16.0 Å². The highest BCUT2D eigenvalue weighted by molar-refractivity contribution is 14.1. The second-order valence-corrected chi connectivity index (χ2v) is 4.27. The number of aryl methyl sites for hydroxylation is 1. The summed E-state index contributed by atoms with van der Waals surface area (Å²) in [5.74, 6) is 0.835. The van der Waals surface area contributed by atoms with Gasteiger partial charge in [0.2, 0.25) is 0 Å². The van der Waals surface area contributed by atoms with Gasteiger partial charge in [0, 0.05) is 29.0 Å². The van der Waals surface area contributed by atoms with Crippen molar-refractivity contribution in [1.29, 1.82) is 0 Å². The Bertz CT molecular complexity index is 262. The van der Waals surface area contributed by atoms with E-state index in [9.17, 15) is 0 Å². The van der Waals surface area contributed by atoms with Crippen molar-refractivity contribution >= 4 is 34.2 Å². The molecule has 0 bridgehead atoms. The third-order valence-corrected chi connectivity index (χ3v) is 2.64. The predicted octanol–water partition coefficient (Wildman–Crippen LogP) is 4.06. The Kier molecular flexibility index (Phi) is 5.09. The fourth-order valence-corrected chi connectivity index (χ4v) is 2.03. The fraction of sp³-hybridized carbons (Fsp3) is 0.667. The zero-order chi connectivity index (χ0) is 9.68. The van der Waals surface area contributed by atoms with Crippen LogP contribution in [0, 0.1) is 3.90 Å². The van der Waals surface area contributed by atoms with Crippen LogP contribution in [0.5, 0.6) is 0 Å². The van der Waals surface area contributed by atoms with Crippen LogP contribution in [-0.2, 0) is 6.42 Å². The zero-order valence-corrected chi connectivity index (χ0v) is 10.6. The molecule has 0 saturated heterocycles. The van der Waals surface area contributed by atoms with E-state index in [-0.39, 0.29) is 0 Å². The molecule has 0 spiro atoms. The van der Waals surface area contributed by atoms with Crippen LogP contribution in [0.25, 0.3) is 0 Å². The van der Waals surface area contributed by atoms with E-state index in [1.165, 1.54) is 19.3 Å². The number of hydrogen-bond acceptors (Lipinski definition) is 2.